The number of ether oxygens (including phenoxy) is 1. The van der Waals surface area contributed by atoms with Crippen molar-refractivity contribution in [2.24, 2.45) is 0 Å². The van der Waals surface area contributed by atoms with E-state index in [2.05, 4.69) is 19.1 Å². The van der Waals surface area contributed by atoms with E-state index in [9.17, 15) is 0 Å². The van der Waals surface area contributed by atoms with E-state index in [0.717, 1.165) is 11.3 Å². The van der Waals surface area contributed by atoms with E-state index in [1.807, 2.05) is 24.3 Å². The molecule has 2 heteroatoms. The summed E-state index contributed by atoms with van der Waals surface area (Å²) in [5, 5.41) is 0. The molecule has 0 atom stereocenters. The Bertz CT molecular complexity index is 412. The maximum absolute atomic E-state index is 5.44. The fourth-order valence-electron chi connectivity index (χ4n) is 1.30. The standard InChI is InChI=1S/C12H12O2/c1-9-3-5-10(6-4-9)11-7-8-12(13-2)14-11/h3-8H,1-2H3. The van der Waals surface area contributed by atoms with Gasteiger partial charge in [0.05, 0.1) is 7.11 Å². The molecule has 0 aliphatic heterocycles. The van der Waals surface area contributed by atoms with Crippen LogP contribution in [-0.2, 0) is 0 Å². The van der Waals surface area contributed by atoms with Gasteiger partial charge in [0.2, 0.25) is 0 Å². The number of benzene rings is 1. The predicted octanol–water partition coefficient (Wildman–Crippen LogP) is 3.26. The molecule has 0 saturated carbocycles. The molecule has 2 rings (SSSR count). The summed E-state index contributed by atoms with van der Waals surface area (Å²) >= 11 is 0. The van der Waals surface area contributed by atoms with Gasteiger partial charge in [-0.3, -0.25) is 0 Å². The first kappa shape index (κ1) is 8.88. The van der Waals surface area contributed by atoms with Crippen LogP contribution in [0.1, 0.15) is 5.56 Å². The highest BCUT2D eigenvalue weighted by Gasteiger charge is 2.03. The van der Waals surface area contributed by atoms with Gasteiger partial charge in [-0.05, 0) is 13.0 Å². The zero-order valence-electron chi connectivity index (χ0n) is 8.28. The Morgan fingerprint density at radius 3 is 2.29 bits per heavy atom. The Morgan fingerprint density at radius 1 is 1.00 bits per heavy atom. The van der Waals surface area contributed by atoms with Gasteiger partial charge in [-0.1, -0.05) is 29.8 Å². The normalized spacial score (nSPS) is 10.1. The van der Waals surface area contributed by atoms with Crippen molar-refractivity contribution in [3.63, 3.8) is 0 Å². The van der Waals surface area contributed by atoms with E-state index < -0.39 is 0 Å². The van der Waals surface area contributed by atoms with E-state index in [1.165, 1.54) is 5.56 Å². The minimum absolute atomic E-state index is 0.542. The maximum atomic E-state index is 5.44. The Morgan fingerprint density at radius 2 is 1.71 bits per heavy atom. The number of hydrogen-bond acceptors (Lipinski definition) is 2. The number of furan rings is 1. The summed E-state index contributed by atoms with van der Waals surface area (Å²) in [7, 11) is 1.59. The van der Waals surface area contributed by atoms with Crippen molar-refractivity contribution >= 4 is 0 Å². The molecule has 0 aliphatic rings. The molecule has 0 aliphatic carbocycles. The van der Waals surface area contributed by atoms with Crippen molar-refractivity contribution in [3.8, 4) is 17.3 Å². The lowest BCUT2D eigenvalue weighted by atomic mass is 10.1. The highest BCUT2D eigenvalue weighted by atomic mass is 16.6. The molecule has 1 aromatic heterocycles. The lowest BCUT2D eigenvalue weighted by molar-refractivity contribution is 0.309. The minimum atomic E-state index is 0.542. The summed E-state index contributed by atoms with van der Waals surface area (Å²) in [6.07, 6.45) is 0. The van der Waals surface area contributed by atoms with Crippen LogP contribution in [0.5, 0.6) is 5.95 Å². The molecule has 14 heavy (non-hydrogen) atoms. The van der Waals surface area contributed by atoms with Crippen molar-refractivity contribution < 1.29 is 9.15 Å². The van der Waals surface area contributed by atoms with Gasteiger partial charge in [-0.15, -0.1) is 0 Å². The van der Waals surface area contributed by atoms with Gasteiger partial charge in [0.1, 0.15) is 5.76 Å². The predicted molar refractivity (Wildman–Crippen MR) is 55.4 cm³/mol. The maximum Gasteiger partial charge on any atom is 0.284 e. The van der Waals surface area contributed by atoms with Gasteiger partial charge in [0, 0.05) is 11.6 Å². The fourth-order valence-corrected chi connectivity index (χ4v) is 1.30. The fraction of sp³-hybridized carbons (Fsp3) is 0.167. The second-order valence-corrected chi connectivity index (χ2v) is 3.19. The molecule has 0 amide bonds. The Balaban J connectivity index is 2.34. The van der Waals surface area contributed by atoms with E-state index >= 15 is 0 Å². The molecule has 2 aromatic rings. The zero-order chi connectivity index (χ0) is 9.97. The number of methoxy groups -OCH3 is 1. The van der Waals surface area contributed by atoms with Crippen molar-refractivity contribution in [2.45, 2.75) is 6.92 Å². The smallest absolute Gasteiger partial charge is 0.284 e. The third-order valence-electron chi connectivity index (χ3n) is 2.12. The van der Waals surface area contributed by atoms with Crippen molar-refractivity contribution in [3.05, 3.63) is 42.0 Å². The van der Waals surface area contributed by atoms with Crippen LogP contribution in [0.2, 0.25) is 0 Å². The van der Waals surface area contributed by atoms with Gasteiger partial charge < -0.3 is 9.15 Å². The van der Waals surface area contributed by atoms with E-state index in [4.69, 9.17) is 9.15 Å². The first-order valence-corrected chi connectivity index (χ1v) is 4.50. The van der Waals surface area contributed by atoms with Crippen molar-refractivity contribution in [1.29, 1.82) is 0 Å². The summed E-state index contributed by atoms with van der Waals surface area (Å²) < 4.78 is 10.4. The Hall–Kier alpha value is -1.70. The lowest BCUT2D eigenvalue weighted by Crippen LogP contribution is -1.77. The monoisotopic (exact) mass is 188 g/mol. The van der Waals surface area contributed by atoms with E-state index in [0.29, 0.717) is 5.95 Å². The van der Waals surface area contributed by atoms with Crippen LogP contribution < -0.4 is 4.74 Å². The summed E-state index contributed by atoms with van der Waals surface area (Å²) in [6.45, 7) is 2.06. The molecule has 0 N–H and O–H groups in total. The van der Waals surface area contributed by atoms with Crippen LogP contribution in [0.25, 0.3) is 11.3 Å². The van der Waals surface area contributed by atoms with Crippen LogP contribution in [0.4, 0.5) is 0 Å². The molecule has 0 saturated heterocycles. The largest absolute Gasteiger partial charge is 0.468 e. The zero-order valence-corrected chi connectivity index (χ0v) is 8.28. The molecular weight excluding hydrogens is 176 g/mol. The van der Waals surface area contributed by atoms with Gasteiger partial charge in [0.25, 0.3) is 5.95 Å². The van der Waals surface area contributed by atoms with Crippen molar-refractivity contribution in [2.75, 3.05) is 7.11 Å². The van der Waals surface area contributed by atoms with Gasteiger partial charge in [-0.25, -0.2) is 0 Å². The average molecular weight is 188 g/mol. The minimum Gasteiger partial charge on any atom is -0.468 e. The Kier molecular flexibility index (Phi) is 2.27. The van der Waals surface area contributed by atoms with Gasteiger partial charge in [-0.2, -0.15) is 0 Å². The quantitative estimate of drug-likeness (QED) is 0.721. The molecule has 0 fully saturated rings. The highest BCUT2D eigenvalue weighted by Crippen LogP contribution is 2.25. The summed E-state index contributed by atoms with van der Waals surface area (Å²) in [5.74, 6) is 1.38. The first-order chi connectivity index (χ1) is 6.79. The number of rotatable bonds is 2. The third-order valence-corrected chi connectivity index (χ3v) is 2.12. The molecule has 2 nitrogen and oxygen atoms in total. The number of hydrogen-bond donors (Lipinski definition) is 0. The highest BCUT2D eigenvalue weighted by molar-refractivity contribution is 5.58. The molecule has 72 valence electrons. The SMILES string of the molecule is COc1ccc(-c2ccc(C)cc2)o1. The second-order valence-electron chi connectivity index (χ2n) is 3.19. The summed E-state index contributed by atoms with van der Waals surface area (Å²) in [6, 6.07) is 11.9. The van der Waals surface area contributed by atoms with E-state index in [-0.39, 0.29) is 0 Å². The molecule has 0 radical (unpaired) electrons. The van der Waals surface area contributed by atoms with Crippen LogP contribution in [0.3, 0.4) is 0 Å². The van der Waals surface area contributed by atoms with Crippen LogP contribution >= 0.6 is 0 Å². The van der Waals surface area contributed by atoms with Gasteiger partial charge >= 0.3 is 0 Å². The number of aryl methyl sites for hydroxylation is 1. The van der Waals surface area contributed by atoms with Crippen LogP contribution in [0, 0.1) is 6.92 Å². The molecular formula is C12H12O2. The molecule has 0 spiro atoms. The average Bonchev–Trinajstić information content (AvgIpc) is 2.67. The molecule has 1 heterocycles. The third kappa shape index (κ3) is 1.64. The summed E-state index contributed by atoms with van der Waals surface area (Å²) in [5.41, 5.74) is 2.31. The van der Waals surface area contributed by atoms with Crippen molar-refractivity contribution in [1.82, 2.24) is 0 Å². The molecule has 0 unspecified atom stereocenters. The first-order valence-electron chi connectivity index (χ1n) is 4.50. The Labute approximate surface area is 83.1 Å². The molecule has 1 aromatic carbocycles. The lowest BCUT2D eigenvalue weighted by Gasteiger charge is -1.97. The van der Waals surface area contributed by atoms with Crippen LogP contribution in [-0.4, -0.2) is 7.11 Å². The summed E-state index contributed by atoms with van der Waals surface area (Å²) in [4.78, 5) is 0. The van der Waals surface area contributed by atoms with Crippen LogP contribution in [0.15, 0.2) is 40.8 Å². The second kappa shape index (κ2) is 3.58. The van der Waals surface area contributed by atoms with Gasteiger partial charge in [0.15, 0.2) is 0 Å². The topological polar surface area (TPSA) is 22.4 Å². The molecule has 0 bridgehead atoms. The van der Waals surface area contributed by atoms with E-state index in [1.54, 1.807) is 7.11 Å².